The maximum Gasteiger partial charge on any atom is 0.254 e. The van der Waals surface area contributed by atoms with Crippen LogP contribution >= 0.6 is 0 Å². The molecule has 1 N–H and O–H groups in total. The van der Waals surface area contributed by atoms with Crippen LogP contribution in [0.15, 0.2) is 42.7 Å². The zero-order chi connectivity index (χ0) is 15.6. The van der Waals surface area contributed by atoms with Crippen LogP contribution in [0.3, 0.4) is 0 Å². The molecule has 0 radical (unpaired) electrons. The fourth-order valence-corrected chi connectivity index (χ4v) is 3.20. The smallest absolute Gasteiger partial charge is 0.254 e. The van der Waals surface area contributed by atoms with Gasteiger partial charge in [-0.25, -0.2) is 4.98 Å². The number of fused-ring (bicyclic) bond motifs is 1. The van der Waals surface area contributed by atoms with Crippen molar-refractivity contribution in [3.8, 4) is 11.3 Å². The maximum atomic E-state index is 9.49. The second-order valence-corrected chi connectivity index (χ2v) is 5.97. The van der Waals surface area contributed by atoms with Gasteiger partial charge in [-0.15, -0.1) is 0 Å². The van der Waals surface area contributed by atoms with Crippen molar-refractivity contribution in [3.05, 3.63) is 42.7 Å². The van der Waals surface area contributed by atoms with E-state index in [9.17, 15) is 5.11 Å². The number of hydrogen-bond donors (Lipinski definition) is 1. The second-order valence-electron chi connectivity index (χ2n) is 5.97. The van der Waals surface area contributed by atoms with E-state index >= 15 is 0 Å². The average molecular weight is 309 g/mol. The molecule has 1 fully saturated rings. The normalized spacial score (nSPS) is 18.5. The van der Waals surface area contributed by atoms with Gasteiger partial charge in [0.05, 0.1) is 5.69 Å². The predicted molar refractivity (Wildman–Crippen MR) is 88.2 cm³/mol. The molecule has 3 heterocycles. The van der Waals surface area contributed by atoms with Crippen molar-refractivity contribution in [2.45, 2.75) is 12.8 Å². The molecule has 3 aromatic rings. The molecule has 0 amide bonds. The summed E-state index contributed by atoms with van der Waals surface area (Å²) >= 11 is 0. The molecule has 1 saturated heterocycles. The monoisotopic (exact) mass is 309 g/mol. The molecule has 1 aliphatic heterocycles. The van der Waals surface area contributed by atoms with Gasteiger partial charge in [0, 0.05) is 31.3 Å². The highest BCUT2D eigenvalue weighted by Crippen LogP contribution is 2.27. The van der Waals surface area contributed by atoms with E-state index in [1.807, 2.05) is 30.3 Å². The molecule has 1 unspecified atom stereocenters. The zero-order valence-electron chi connectivity index (χ0n) is 12.8. The van der Waals surface area contributed by atoms with Gasteiger partial charge in [0.15, 0.2) is 0 Å². The van der Waals surface area contributed by atoms with Crippen molar-refractivity contribution in [3.63, 3.8) is 0 Å². The van der Waals surface area contributed by atoms with Crippen LogP contribution in [0.5, 0.6) is 0 Å². The Kier molecular flexibility index (Phi) is 3.67. The standard InChI is InChI=1S/C17H19N5O/c23-11-13-5-4-8-21(10-13)16-9-15(14-6-2-1-3-7-14)20-17-18-12-19-22(16)17/h1-3,6-7,9,12-13,23H,4-5,8,10-11H2. The lowest BCUT2D eigenvalue weighted by Crippen LogP contribution is -2.38. The van der Waals surface area contributed by atoms with Gasteiger partial charge in [-0.2, -0.15) is 14.6 Å². The molecule has 1 aromatic carbocycles. The van der Waals surface area contributed by atoms with Crippen LogP contribution in [0.4, 0.5) is 5.82 Å². The van der Waals surface area contributed by atoms with Gasteiger partial charge in [0.1, 0.15) is 12.1 Å². The highest BCUT2D eigenvalue weighted by Gasteiger charge is 2.22. The third kappa shape index (κ3) is 2.66. The minimum Gasteiger partial charge on any atom is -0.396 e. The Labute approximate surface area is 134 Å². The molecule has 0 aliphatic carbocycles. The first kappa shape index (κ1) is 14.1. The Morgan fingerprint density at radius 2 is 2.09 bits per heavy atom. The number of aliphatic hydroxyl groups is 1. The van der Waals surface area contributed by atoms with Gasteiger partial charge in [0.2, 0.25) is 0 Å². The Hall–Kier alpha value is -2.47. The predicted octanol–water partition coefficient (Wildman–Crippen LogP) is 2.00. The van der Waals surface area contributed by atoms with E-state index in [0.717, 1.165) is 43.0 Å². The van der Waals surface area contributed by atoms with Crippen molar-refractivity contribution in [1.82, 2.24) is 19.6 Å². The molecule has 6 heteroatoms. The second kappa shape index (κ2) is 5.96. The van der Waals surface area contributed by atoms with Gasteiger partial charge in [0.25, 0.3) is 5.78 Å². The quantitative estimate of drug-likeness (QED) is 0.801. The van der Waals surface area contributed by atoms with Crippen LogP contribution in [0.25, 0.3) is 17.0 Å². The van der Waals surface area contributed by atoms with Gasteiger partial charge in [-0.1, -0.05) is 30.3 Å². The molecular formula is C17H19N5O. The summed E-state index contributed by atoms with van der Waals surface area (Å²) < 4.78 is 1.78. The molecule has 2 aromatic heterocycles. The number of aromatic nitrogens is 4. The molecule has 4 rings (SSSR count). The number of rotatable bonds is 3. The van der Waals surface area contributed by atoms with Crippen molar-refractivity contribution < 1.29 is 5.11 Å². The van der Waals surface area contributed by atoms with Crippen molar-refractivity contribution in [2.75, 3.05) is 24.6 Å². The number of aliphatic hydroxyl groups excluding tert-OH is 1. The lowest BCUT2D eigenvalue weighted by atomic mass is 9.99. The molecule has 23 heavy (non-hydrogen) atoms. The van der Waals surface area contributed by atoms with Crippen molar-refractivity contribution in [2.24, 2.45) is 5.92 Å². The van der Waals surface area contributed by atoms with E-state index in [-0.39, 0.29) is 6.61 Å². The Morgan fingerprint density at radius 1 is 1.22 bits per heavy atom. The van der Waals surface area contributed by atoms with Crippen LogP contribution in [0.1, 0.15) is 12.8 Å². The van der Waals surface area contributed by atoms with E-state index < -0.39 is 0 Å². The summed E-state index contributed by atoms with van der Waals surface area (Å²) in [6.07, 6.45) is 3.68. The summed E-state index contributed by atoms with van der Waals surface area (Å²) in [6.45, 7) is 2.03. The van der Waals surface area contributed by atoms with E-state index in [1.54, 1.807) is 4.52 Å². The minimum absolute atomic E-state index is 0.230. The molecule has 6 nitrogen and oxygen atoms in total. The molecule has 1 atom stereocenters. The van der Waals surface area contributed by atoms with E-state index in [4.69, 9.17) is 0 Å². The van der Waals surface area contributed by atoms with E-state index in [1.165, 1.54) is 6.33 Å². The van der Waals surface area contributed by atoms with Crippen LogP contribution in [-0.2, 0) is 0 Å². The maximum absolute atomic E-state index is 9.49. The summed E-state index contributed by atoms with van der Waals surface area (Å²) in [5, 5.41) is 13.8. The number of benzene rings is 1. The average Bonchev–Trinajstić information content (AvgIpc) is 3.10. The van der Waals surface area contributed by atoms with E-state index in [0.29, 0.717) is 11.7 Å². The third-order valence-electron chi connectivity index (χ3n) is 4.40. The summed E-state index contributed by atoms with van der Waals surface area (Å²) in [5.41, 5.74) is 1.96. The fraction of sp³-hybridized carbons (Fsp3) is 0.353. The van der Waals surface area contributed by atoms with Crippen molar-refractivity contribution >= 4 is 11.6 Å². The van der Waals surface area contributed by atoms with Crippen LogP contribution < -0.4 is 4.90 Å². The molecule has 0 saturated carbocycles. The summed E-state index contributed by atoms with van der Waals surface area (Å²) in [6, 6.07) is 12.2. The first-order chi connectivity index (χ1) is 11.3. The van der Waals surface area contributed by atoms with Gasteiger partial charge >= 0.3 is 0 Å². The van der Waals surface area contributed by atoms with Gasteiger partial charge in [-0.3, -0.25) is 0 Å². The van der Waals surface area contributed by atoms with Crippen LogP contribution in [-0.4, -0.2) is 44.4 Å². The molecule has 1 aliphatic rings. The number of nitrogens with zero attached hydrogens (tertiary/aromatic N) is 5. The molecular weight excluding hydrogens is 290 g/mol. The number of piperidine rings is 1. The molecule has 118 valence electrons. The van der Waals surface area contributed by atoms with E-state index in [2.05, 4.69) is 26.0 Å². The topological polar surface area (TPSA) is 66.5 Å². The van der Waals surface area contributed by atoms with Crippen LogP contribution in [0, 0.1) is 5.92 Å². The Morgan fingerprint density at radius 3 is 2.91 bits per heavy atom. The summed E-state index contributed by atoms with van der Waals surface area (Å²) in [7, 11) is 0. The lowest BCUT2D eigenvalue weighted by Gasteiger charge is -2.33. The molecule has 0 bridgehead atoms. The van der Waals surface area contributed by atoms with Crippen molar-refractivity contribution in [1.29, 1.82) is 0 Å². The first-order valence-corrected chi connectivity index (χ1v) is 7.97. The summed E-state index contributed by atoms with van der Waals surface area (Å²) in [5.74, 6) is 1.91. The SMILES string of the molecule is OCC1CCCN(c2cc(-c3ccccc3)nc3ncnn23)C1. The molecule has 0 spiro atoms. The lowest BCUT2D eigenvalue weighted by molar-refractivity contribution is 0.208. The fourth-order valence-electron chi connectivity index (χ4n) is 3.20. The number of anilines is 1. The first-order valence-electron chi connectivity index (χ1n) is 7.97. The van der Waals surface area contributed by atoms with Gasteiger partial charge < -0.3 is 10.0 Å². The Balaban J connectivity index is 1.80. The number of hydrogen-bond acceptors (Lipinski definition) is 5. The highest BCUT2D eigenvalue weighted by molar-refractivity contribution is 5.65. The highest BCUT2D eigenvalue weighted by atomic mass is 16.3. The van der Waals surface area contributed by atoms with Gasteiger partial charge in [-0.05, 0) is 18.8 Å². The zero-order valence-corrected chi connectivity index (χ0v) is 12.8. The summed E-state index contributed by atoms with van der Waals surface area (Å²) in [4.78, 5) is 11.2. The third-order valence-corrected chi connectivity index (χ3v) is 4.40. The minimum atomic E-state index is 0.230. The van der Waals surface area contributed by atoms with Crippen LogP contribution in [0.2, 0.25) is 0 Å². The Bertz CT molecular complexity index is 801. The largest absolute Gasteiger partial charge is 0.396 e.